The van der Waals surface area contributed by atoms with Gasteiger partial charge < -0.3 is 10.7 Å². The van der Waals surface area contributed by atoms with Crippen LogP contribution >= 0.6 is 23.8 Å². The highest BCUT2D eigenvalue weighted by atomic mass is 35.5. The van der Waals surface area contributed by atoms with Gasteiger partial charge in [0.25, 0.3) is 0 Å². The summed E-state index contributed by atoms with van der Waals surface area (Å²) in [5.74, 6) is 0.617. The zero-order chi connectivity index (χ0) is 13.0. The van der Waals surface area contributed by atoms with Gasteiger partial charge in [0.15, 0.2) is 4.77 Å². The van der Waals surface area contributed by atoms with Crippen molar-refractivity contribution in [3.63, 3.8) is 0 Å². The van der Waals surface area contributed by atoms with Crippen LogP contribution in [0.15, 0.2) is 41.5 Å². The number of halogens is 1. The Hall–Kier alpha value is -1.72. The van der Waals surface area contributed by atoms with Crippen molar-refractivity contribution in [2.75, 3.05) is 5.88 Å². The van der Waals surface area contributed by atoms with E-state index in [1.165, 1.54) is 0 Å². The van der Waals surface area contributed by atoms with E-state index >= 15 is 0 Å². The van der Waals surface area contributed by atoms with Crippen molar-refractivity contribution in [2.24, 2.45) is 10.7 Å². The van der Waals surface area contributed by atoms with Gasteiger partial charge in [-0.2, -0.15) is 0 Å². The topological polar surface area (TPSA) is 67.1 Å². The van der Waals surface area contributed by atoms with E-state index in [0.29, 0.717) is 10.6 Å². The zero-order valence-corrected chi connectivity index (χ0v) is 11.0. The van der Waals surface area contributed by atoms with Crippen molar-refractivity contribution >= 4 is 35.3 Å². The van der Waals surface area contributed by atoms with Crippen molar-refractivity contribution in [1.29, 1.82) is 0 Å². The van der Waals surface area contributed by atoms with Crippen molar-refractivity contribution in [3.8, 4) is 11.3 Å². The summed E-state index contributed by atoms with van der Waals surface area (Å²) in [6.45, 7) is 0. The number of hydrogen-bond donors (Lipinski definition) is 2. The van der Waals surface area contributed by atoms with Gasteiger partial charge >= 0.3 is 0 Å². The molecule has 0 fully saturated rings. The fourth-order valence-corrected chi connectivity index (χ4v) is 1.68. The molecule has 1 aromatic heterocycles. The maximum absolute atomic E-state index is 5.57. The predicted octanol–water partition coefficient (Wildman–Crippen LogP) is 3.03. The summed E-state index contributed by atoms with van der Waals surface area (Å²) >= 11 is 10.5. The van der Waals surface area contributed by atoms with Crippen LogP contribution in [-0.2, 0) is 0 Å². The van der Waals surface area contributed by atoms with Crippen LogP contribution in [-0.4, -0.2) is 21.7 Å². The van der Waals surface area contributed by atoms with Gasteiger partial charge in [0.1, 0.15) is 5.84 Å². The first kappa shape index (κ1) is 12.7. The number of alkyl halides is 1. The van der Waals surface area contributed by atoms with Crippen LogP contribution in [0.5, 0.6) is 0 Å². The third-order valence-electron chi connectivity index (χ3n) is 2.26. The predicted molar refractivity (Wildman–Crippen MR) is 76.9 cm³/mol. The number of H-pyrrole nitrogens is 1. The molecule has 0 saturated heterocycles. The number of nitrogens with zero attached hydrogens (tertiary/aromatic N) is 2. The first-order valence-electron chi connectivity index (χ1n) is 5.24. The first-order chi connectivity index (χ1) is 8.69. The van der Waals surface area contributed by atoms with E-state index < -0.39 is 0 Å². The van der Waals surface area contributed by atoms with Gasteiger partial charge in [-0.1, -0.05) is 12.1 Å². The van der Waals surface area contributed by atoms with Gasteiger partial charge in [-0.15, -0.1) is 11.6 Å². The number of nitrogens with one attached hydrogen (secondary N) is 1. The molecule has 4 nitrogen and oxygen atoms in total. The maximum Gasteiger partial charge on any atom is 0.197 e. The smallest absolute Gasteiger partial charge is 0.197 e. The van der Waals surface area contributed by atoms with Crippen LogP contribution in [0, 0.1) is 4.77 Å². The van der Waals surface area contributed by atoms with Crippen molar-refractivity contribution < 1.29 is 0 Å². The summed E-state index contributed by atoms with van der Waals surface area (Å²) in [7, 11) is 0. The first-order valence-corrected chi connectivity index (χ1v) is 6.18. The van der Waals surface area contributed by atoms with Crippen LogP contribution in [0.4, 0.5) is 5.69 Å². The normalized spacial score (nSPS) is 11.5. The lowest BCUT2D eigenvalue weighted by Gasteiger charge is -2.02. The average Bonchev–Trinajstić information content (AvgIpc) is 2.39. The maximum atomic E-state index is 5.57. The Bertz CT molecular complexity index is 618. The van der Waals surface area contributed by atoms with E-state index in [4.69, 9.17) is 29.6 Å². The second-order valence-corrected chi connectivity index (χ2v) is 4.23. The molecular weight excluding hydrogens is 268 g/mol. The average molecular weight is 279 g/mol. The fraction of sp³-hybridized carbons (Fsp3) is 0.0833. The molecule has 0 bridgehead atoms. The van der Waals surface area contributed by atoms with Crippen molar-refractivity contribution in [1.82, 2.24) is 9.97 Å². The highest BCUT2D eigenvalue weighted by molar-refractivity contribution is 7.71. The minimum Gasteiger partial charge on any atom is -0.386 e. The molecule has 2 rings (SSSR count). The molecule has 0 radical (unpaired) electrons. The highest BCUT2D eigenvalue weighted by Crippen LogP contribution is 2.20. The largest absolute Gasteiger partial charge is 0.386 e. The number of nitrogens with two attached hydrogens (primary N) is 1. The molecule has 1 aromatic carbocycles. The van der Waals surface area contributed by atoms with Crippen LogP contribution < -0.4 is 5.73 Å². The SMILES string of the molecule is NC(CCl)=Nc1ccc(-c2ccnc(=S)[nH]2)cc1. The third-order valence-corrected chi connectivity index (χ3v) is 2.74. The summed E-state index contributed by atoms with van der Waals surface area (Å²) in [6, 6.07) is 9.46. The Kier molecular flexibility index (Phi) is 4.07. The molecule has 0 aliphatic heterocycles. The molecule has 0 amide bonds. The van der Waals surface area contributed by atoms with Crippen molar-refractivity contribution in [2.45, 2.75) is 0 Å². The molecule has 92 valence electrons. The van der Waals surface area contributed by atoms with Crippen LogP contribution in [0.1, 0.15) is 0 Å². The molecule has 2 aromatic rings. The van der Waals surface area contributed by atoms with Gasteiger partial charge in [-0.3, -0.25) is 0 Å². The van der Waals surface area contributed by atoms with Gasteiger partial charge in [-0.05, 0) is 36.0 Å². The van der Waals surface area contributed by atoms with E-state index in [0.717, 1.165) is 16.9 Å². The third kappa shape index (κ3) is 3.15. The van der Waals surface area contributed by atoms with E-state index in [9.17, 15) is 0 Å². The molecule has 0 saturated carbocycles. The quantitative estimate of drug-likeness (QED) is 0.392. The van der Waals surface area contributed by atoms with E-state index in [2.05, 4.69) is 15.0 Å². The second-order valence-electron chi connectivity index (χ2n) is 3.57. The zero-order valence-electron chi connectivity index (χ0n) is 9.43. The number of aromatic nitrogens is 2. The second kappa shape index (κ2) is 5.75. The molecule has 0 aliphatic rings. The number of aromatic amines is 1. The minimum atomic E-state index is 0.221. The van der Waals surface area contributed by atoms with Crippen LogP contribution in [0.25, 0.3) is 11.3 Å². The number of hydrogen-bond acceptors (Lipinski definition) is 3. The Morgan fingerprint density at radius 2 is 2.06 bits per heavy atom. The van der Waals surface area contributed by atoms with Gasteiger partial charge in [0.05, 0.1) is 11.6 Å². The molecule has 0 atom stereocenters. The lowest BCUT2D eigenvalue weighted by atomic mass is 10.1. The van der Waals surface area contributed by atoms with Gasteiger partial charge in [0, 0.05) is 11.9 Å². The van der Waals surface area contributed by atoms with Crippen molar-refractivity contribution in [3.05, 3.63) is 41.3 Å². The Labute approximate surface area is 115 Å². The molecule has 6 heteroatoms. The lowest BCUT2D eigenvalue weighted by Crippen LogP contribution is -2.12. The highest BCUT2D eigenvalue weighted by Gasteiger charge is 1.98. The molecule has 0 spiro atoms. The summed E-state index contributed by atoms with van der Waals surface area (Å²) in [4.78, 5) is 11.1. The summed E-state index contributed by atoms with van der Waals surface area (Å²) in [5, 5.41) is 0. The molecule has 18 heavy (non-hydrogen) atoms. The number of amidine groups is 1. The molecule has 0 aliphatic carbocycles. The Balaban J connectivity index is 2.30. The lowest BCUT2D eigenvalue weighted by molar-refractivity contribution is 1.14. The van der Waals surface area contributed by atoms with E-state index in [-0.39, 0.29) is 5.88 Å². The van der Waals surface area contributed by atoms with Gasteiger partial charge in [0.2, 0.25) is 0 Å². The van der Waals surface area contributed by atoms with Crippen LogP contribution in [0.2, 0.25) is 0 Å². The number of rotatable bonds is 3. The van der Waals surface area contributed by atoms with Gasteiger partial charge in [-0.25, -0.2) is 9.98 Å². The van der Waals surface area contributed by atoms with E-state index in [1.54, 1.807) is 6.20 Å². The molecule has 0 unspecified atom stereocenters. The fourth-order valence-electron chi connectivity index (χ4n) is 1.45. The summed E-state index contributed by atoms with van der Waals surface area (Å²) in [6.07, 6.45) is 1.67. The summed E-state index contributed by atoms with van der Waals surface area (Å²) in [5.41, 5.74) is 8.25. The molecule has 1 heterocycles. The standard InChI is InChI=1S/C12H11ClN4S/c13-7-11(14)16-9-3-1-8(2-4-9)10-5-6-15-12(18)17-10/h1-6H,7H2,(H2,14,16)(H,15,17,18). The number of benzene rings is 1. The minimum absolute atomic E-state index is 0.221. The number of aliphatic imine (C=N–C) groups is 1. The van der Waals surface area contributed by atoms with Crippen LogP contribution in [0.3, 0.4) is 0 Å². The molecule has 3 N–H and O–H groups in total. The van der Waals surface area contributed by atoms with E-state index in [1.807, 2.05) is 30.3 Å². The summed E-state index contributed by atoms with van der Waals surface area (Å²) < 4.78 is 0.459. The monoisotopic (exact) mass is 278 g/mol. The molecular formula is C12H11ClN4S. The Morgan fingerprint density at radius 3 is 2.67 bits per heavy atom. The Morgan fingerprint density at radius 1 is 1.33 bits per heavy atom.